The number of rotatable bonds is 4. The maximum absolute atomic E-state index is 11.4. The number of carbonyl (C=O) groups excluding carboxylic acids is 1. The van der Waals surface area contributed by atoms with Crippen LogP contribution < -0.4 is 5.73 Å². The molecule has 0 fully saturated rings. The van der Waals surface area contributed by atoms with Crippen LogP contribution in [0.4, 0.5) is 0 Å². The van der Waals surface area contributed by atoms with Gasteiger partial charge in [-0.2, -0.15) is 0 Å². The molecule has 2 N–H and O–H groups in total. The highest BCUT2D eigenvalue weighted by Gasteiger charge is 2.16. The second-order valence-corrected chi connectivity index (χ2v) is 3.93. The molecule has 1 atom stereocenters. The van der Waals surface area contributed by atoms with E-state index in [9.17, 15) is 4.79 Å². The Labute approximate surface area is 96.6 Å². The highest BCUT2D eigenvalue weighted by molar-refractivity contribution is 5.76. The molecule has 16 heavy (non-hydrogen) atoms. The molecule has 0 bridgehead atoms. The molecule has 0 radical (unpaired) electrons. The lowest BCUT2D eigenvalue weighted by molar-refractivity contribution is -0.144. The van der Waals surface area contributed by atoms with Crippen LogP contribution in [0.25, 0.3) is 0 Å². The predicted octanol–water partition coefficient (Wildman–Crippen LogP) is 1.74. The minimum absolute atomic E-state index is 0.329. The summed E-state index contributed by atoms with van der Waals surface area (Å²) in [5, 5.41) is 0. The molecule has 0 aliphatic carbocycles. The molecule has 0 aliphatic heterocycles. The van der Waals surface area contributed by atoms with E-state index < -0.39 is 6.04 Å². The number of ether oxygens (including phenoxy) is 1. The van der Waals surface area contributed by atoms with Crippen molar-refractivity contribution in [2.45, 2.75) is 33.2 Å². The van der Waals surface area contributed by atoms with Gasteiger partial charge in [-0.15, -0.1) is 0 Å². The molecule has 1 rings (SSSR count). The van der Waals surface area contributed by atoms with Gasteiger partial charge in [0.05, 0.1) is 6.61 Å². The largest absolute Gasteiger partial charge is 0.465 e. The van der Waals surface area contributed by atoms with Gasteiger partial charge >= 0.3 is 5.97 Å². The number of nitrogens with two attached hydrogens (primary N) is 1. The molecule has 0 saturated heterocycles. The molecule has 0 saturated carbocycles. The third-order valence-electron chi connectivity index (χ3n) is 2.66. The van der Waals surface area contributed by atoms with Gasteiger partial charge < -0.3 is 10.5 Å². The van der Waals surface area contributed by atoms with Crippen LogP contribution in [0, 0.1) is 13.8 Å². The van der Waals surface area contributed by atoms with E-state index in [4.69, 9.17) is 10.5 Å². The smallest absolute Gasteiger partial charge is 0.323 e. The second-order valence-electron chi connectivity index (χ2n) is 3.93. The Morgan fingerprint density at radius 1 is 1.38 bits per heavy atom. The molecule has 88 valence electrons. The van der Waals surface area contributed by atoms with Crippen molar-refractivity contribution in [2.24, 2.45) is 5.73 Å². The van der Waals surface area contributed by atoms with Crippen LogP contribution in [0.5, 0.6) is 0 Å². The summed E-state index contributed by atoms with van der Waals surface area (Å²) in [5.74, 6) is -0.329. The van der Waals surface area contributed by atoms with Crippen molar-refractivity contribution >= 4 is 5.97 Å². The average molecular weight is 221 g/mol. The number of hydrogen-bond donors (Lipinski definition) is 1. The molecule has 1 aromatic carbocycles. The maximum atomic E-state index is 11.4. The third-order valence-corrected chi connectivity index (χ3v) is 2.66. The lowest BCUT2D eigenvalue weighted by Gasteiger charge is -2.14. The zero-order valence-electron chi connectivity index (χ0n) is 10.1. The number of hydrogen-bond acceptors (Lipinski definition) is 3. The van der Waals surface area contributed by atoms with Crippen LogP contribution in [-0.4, -0.2) is 18.6 Å². The molecule has 0 aromatic heterocycles. The molecule has 0 unspecified atom stereocenters. The zero-order valence-corrected chi connectivity index (χ0v) is 10.1. The van der Waals surface area contributed by atoms with Gasteiger partial charge in [0.25, 0.3) is 0 Å². The molecule has 3 nitrogen and oxygen atoms in total. The fraction of sp³-hybridized carbons (Fsp3) is 0.462. The predicted molar refractivity (Wildman–Crippen MR) is 64.2 cm³/mol. The van der Waals surface area contributed by atoms with Crippen molar-refractivity contribution < 1.29 is 9.53 Å². The molecule has 0 heterocycles. The summed E-state index contributed by atoms with van der Waals surface area (Å²) >= 11 is 0. The molecule has 1 aromatic rings. The van der Waals surface area contributed by atoms with Crippen molar-refractivity contribution in [3.05, 3.63) is 34.9 Å². The van der Waals surface area contributed by atoms with Crippen molar-refractivity contribution in [1.82, 2.24) is 0 Å². The van der Waals surface area contributed by atoms with E-state index in [2.05, 4.69) is 0 Å². The van der Waals surface area contributed by atoms with E-state index in [1.54, 1.807) is 6.92 Å². The van der Waals surface area contributed by atoms with Crippen LogP contribution in [-0.2, 0) is 16.0 Å². The zero-order chi connectivity index (χ0) is 12.1. The lowest BCUT2D eigenvalue weighted by Crippen LogP contribution is -2.34. The Balaban J connectivity index is 2.76. The van der Waals surface area contributed by atoms with Crippen LogP contribution in [0.1, 0.15) is 23.6 Å². The standard InChI is InChI=1S/C13H19NO2/c1-4-16-13(15)12(14)8-11-9(2)6-5-7-10(11)3/h5-7,12H,4,8,14H2,1-3H3/t12-/m0/s1. The van der Waals surface area contributed by atoms with Crippen molar-refractivity contribution in [1.29, 1.82) is 0 Å². The molecular formula is C13H19NO2. The fourth-order valence-electron chi connectivity index (χ4n) is 1.72. The van der Waals surface area contributed by atoms with Gasteiger partial charge in [-0.3, -0.25) is 4.79 Å². The third kappa shape index (κ3) is 3.07. The molecule has 0 spiro atoms. The van der Waals surface area contributed by atoms with Gasteiger partial charge in [0.1, 0.15) is 6.04 Å². The Bertz CT molecular complexity index is 354. The molecule has 0 amide bonds. The Hall–Kier alpha value is -1.35. The first kappa shape index (κ1) is 12.7. The van der Waals surface area contributed by atoms with Crippen molar-refractivity contribution in [3.63, 3.8) is 0 Å². The van der Waals surface area contributed by atoms with Crippen molar-refractivity contribution in [2.75, 3.05) is 6.61 Å². The SMILES string of the molecule is CCOC(=O)[C@@H](N)Cc1c(C)cccc1C. The fourth-order valence-corrected chi connectivity index (χ4v) is 1.72. The first-order valence-corrected chi connectivity index (χ1v) is 5.53. The number of carbonyl (C=O) groups is 1. The quantitative estimate of drug-likeness (QED) is 0.788. The van der Waals surface area contributed by atoms with E-state index >= 15 is 0 Å². The van der Waals surface area contributed by atoms with Gasteiger partial charge in [0.15, 0.2) is 0 Å². The molecule has 0 aliphatic rings. The Morgan fingerprint density at radius 3 is 2.44 bits per heavy atom. The van der Waals surface area contributed by atoms with Gasteiger partial charge in [0, 0.05) is 0 Å². The first-order chi connectivity index (χ1) is 7.56. The summed E-state index contributed by atoms with van der Waals surface area (Å²) in [7, 11) is 0. The Morgan fingerprint density at radius 2 is 1.94 bits per heavy atom. The van der Waals surface area contributed by atoms with Gasteiger partial charge in [-0.25, -0.2) is 0 Å². The van der Waals surface area contributed by atoms with Crippen molar-refractivity contribution in [3.8, 4) is 0 Å². The summed E-state index contributed by atoms with van der Waals surface area (Å²) in [6.45, 7) is 6.21. The highest BCUT2D eigenvalue weighted by Crippen LogP contribution is 2.15. The minimum Gasteiger partial charge on any atom is -0.465 e. The van der Waals surface area contributed by atoms with Crippen LogP contribution in [0.3, 0.4) is 0 Å². The van der Waals surface area contributed by atoms with E-state index in [1.165, 1.54) is 11.1 Å². The van der Waals surface area contributed by atoms with Crippen LogP contribution in [0.2, 0.25) is 0 Å². The normalized spacial score (nSPS) is 12.2. The summed E-state index contributed by atoms with van der Waals surface area (Å²) in [6, 6.07) is 5.49. The highest BCUT2D eigenvalue weighted by atomic mass is 16.5. The van der Waals surface area contributed by atoms with E-state index in [1.807, 2.05) is 32.0 Å². The number of benzene rings is 1. The van der Waals surface area contributed by atoms with E-state index in [0.29, 0.717) is 13.0 Å². The summed E-state index contributed by atoms with van der Waals surface area (Å²) < 4.78 is 4.89. The van der Waals surface area contributed by atoms with Gasteiger partial charge in [0.2, 0.25) is 0 Å². The summed E-state index contributed by atoms with van der Waals surface area (Å²) in [5.41, 5.74) is 9.27. The van der Waals surface area contributed by atoms with E-state index in [-0.39, 0.29) is 5.97 Å². The van der Waals surface area contributed by atoms with Crippen LogP contribution >= 0.6 is 0 Å². The molecule has 3 heteroatoms. The first-order valence-electron chi connectivity index (χ1n) is 5.53. The maximum Gasteiger partial charge on any atom is 0.323 e. The minimum atomic E-state index is -0.570. The average Bonchev–Trinajstić information content (AvgIpc) is 2.23. The topological polar surface area (TPSA) is 52.3 Å². The lowest BCUT2D eigenvalue weighted by atomic mass is 9.97. The summed E-state index contributed by atoms with van der Waals surface area (Å²) in [6.07, 6.45) is 0.539. The van der Waals surface area contributed by atoms with Gasteiger partial charge in [-0.05, 0) is 43.9 Å². The number of esters is 1. The Kier molecular flexibility index (Phi) is 4.50. The monoisotopic (exact) mass is 221 g/mol. The van der Waals surface area contributed by atoms with E-state index in [0.717, 1.165) is 5.56 Å². The van der Waals surface area contributed by atoms with Gasteiger partial charge in [-0.1, -0.05) is 18.2 Å². The molecular weight excluding hydrogens is 202 g/mol. The number of aryl methyl sites for hydroxylation is 2. The summed E-state index contributed by atoms with van der Waals surface area (Å²) in [4.78, 5) is 11.4. The van der Waals surface area contributed by atoms with Crippen LogP contribution in [0.15, 0.2) is 18.2 Å². The second kappa shape index (κ2) is 5.66.